The van der Waals surface area contributed by atoms with Crippen molar-refractivity contribution in [3.8, 4) is 51.7 Å². The van der Waals surface area contributed by atoms with E-state index in [1.54, 1.807) is 0 Å². The number of anilines is 3. The molecule has 0 amide bonds. The van der Waals surface area contributed by atoms with Crippen LogP contribution >= 0.6 is 0 Å². The highest BCUT2D eigenvalue weighted by atomic mass is 15.2. The maximum atomic E-state index is 11.6. The Morgan fingerprint density at radius 3 is 1.28 bits per heavy atom. The molecule has 0 N–H and O–H groups in total. The molecule has 16 rings (SSSR count). The molecule has 0 radical (unpaired) electrons. The maximum Gasteiger partial charge on any atom is 0.243 e. The van der Waals surface area contributed by atoms with Crippen LogP contribution in [0.2, 0.25) is 0 Å². The van der Waals surface area contributed by atoms with E-state index >= 15 is 0 Å². The first-order valence-electron chi connectivity index (χ1n) is 32.6. The minimum Gasteiger partial charge on any atom is -0.310 e. The Bertz CT molecular complexity index is 5750. The number of nitriles is 2. The molecule has 16 aromatic rings. The largest absolute Gasteiger partial charge is 0.310 e. The van der Waals surface area contributed by atoms with Crippen molar-refractivity contribution in [2.45, 2.75) is 55.4 Å². The lowest BCUT2D eigenvalue weighted by Gasteiger charge is -2.28. The second-order valence-electron chi connectivity index (χ2n) is 25.7. The average Bonchev–Trinajstić information content (AvgIpc) is 1.64. The Balaban J connectivity index is 0.855. The van der Waals surface area contributed by atoms with Gasteiger partial charge in [-0.3, -0.25) is 9.13 Å². The van der Waals surface area contributed by atoms with Crippen molar-refractivity contribution in [2.24, 2.45) is 0 Å². The Morgan fingerprint density at radius 1 is 0.337 bits per heavy atom. The van der Waals surface area contributed by atoms with Crippen molar-refractivity contribution in [1.82, 2.24) is 18.7 Å². The molecule has 0 saturated carbocycles. The minimum atomic E-state index is 0.0618. The molecule has 95 heavy (non-hydrogen) atoms. The van der Waals surface area contributed by atoms with Crippen LogP contribution in [0.4, 0.5) is 17.1 Å². The Labute approximate surface area is 554 Å². The van der Waals surface area contributed by atoms with Crippen LogP contribution in [0.25, 0.3) is 105 Å². The van der Waals surface area contributed by atoms with Gasteiger partial charge < -0.3 is 9.47 Å². The molecule has 0 aliphatic carbocycles. The number of rotatable bonds is 11. The number of nitrogens with zero attached hydrogens (tertiary/aromatic N) is 7. The third-order valence-corrected chi connectivity index (χ3v) is 19.7. The highest BCUT2D eigenvalue weighted by molar-refractivity contribution is 6.97. The van der Waals surface area contributed by atoms with Gasteiger partial charge in [0.05, 0.1) is 33.1 Å². The van der Waals surface area contributed by atoms with Gasteiger partial charge in [-0.2, -0.15) is 10.5 Å². The van der Waals surface area contributed by atoms with E-state index in [2.05, 4.69) is 280 Å². The van der Waals surface area contributed by atoms with Gasteiger partial charge in [0.25, 0.3) is 0 Å². The number of hydrogen-bond acceptors (Lipinski definition) is 4. The molecule has 4 aromatic heterocycles. The van der Waals surface area contributed by atoms with E-state index in [0.717, 1.165) is 99.5 Å². The number of para-hydroxylation sites is 5. The SMILES string of the molecule is Cc1cc(C)c(B(c2c(C)cc(C)cc2C)c2c(C)cc(-n3c4ccccc4c4cc(N(c5ccccc5)c5cccc(-c6cccc7c6c6ccccc6n7-c6nc(-n7c8ccccc8c8ccccc87)c(C#N)c(-c7ccccc7)c6C#N)c5)ccc43)cc2C)c(C)c1. The first kappa shape index (κ1) is 58.1. The lowest BCUT2D eigenvalue weighted by Crippen LogP contribution is -2.57. The van der Waals surface area contributed by atoms with Crippen LogP contribution in [-0.2, 0) is 0 Å². The van der Waals surface area contributed by atoms with E-state index in [1.807, 2.05) is 60.7 Å². The van der Waals surface area contributed by atoms with Gasteiger partial charge >= 0.3 is 0 Å². The minimum absolute atomic E-state index is 0.0618. The lowest BCUT2D eigenvalue weighted by atomic mass is 9.33. The topological polar surface area (TPSA) is 78.5 Å². The Morgan fingerprint density at radius 2 is 0.737 bits per heavy atom. The molecular weight excluding hydrogens is 1150 g/mol. The van der Waals surface area contributed by atoms with Crippen molar-refractivity contribution < 1.29 is 0 Å². The third-order valence-electron chi connectivity index (χ3n) is 19.7. The second kappa shape index (κ2) is 23.0. The number of pyridine rings is 1. The molecule has 8 heteroatoms. The van der Waals surface area contributed by atoms with Gasteiger partial charge in [0.2, 0.25) is 6.71 Å². The molecule has 0 fully saturated rings. The Kier molecular flexibility index (Phi) is 14.1. The van der Waals surface area contributed by atoms with Crippen LogP contribution in [0.1, 0.15) is 55.6 Å². The monoisotopic (exact) mass is 1220 g/mol. The molecule has 0 spiro atoms. The first-order valence-corrected chi connectivity index (χ1v) is 32.6. The number of hydrogen-bond donors (Lipinski definition) is 0. The summed E-state index contributed by atoms with van der Waals surface area (Å²) in [4.78, 5) is 7.95. The van der Waals surface area contributed by atoms with Crippen molar-refractivity contribution in [2.75, 3.05) is 4.90 Å². The molecule has 0 saturated heterocycles. The summed E-state index contributed by atoms with van der Waals surface area (Å²) in [6.07, 6.45) is 0. The van der Waals surface area contributed by atoms with Crippen LogP contribution < -0.4 is 21.3 Å². The first-order chi connectivity index (χ1) is 46.4. The molecule has 0 atom stereocenters. The molecule has 12 aromatic carbocycles. The molecule has 0 unspecified atom stereocenters. The zero-order chi connectivity index (χ0) is 64.9. The van der Waals surface area contributed by atoms with Crippen LogP contribution in [-0.4, -0.2) is 25.4 Å². The highest BCUT2D eigenvalue weighted by Gasteiger charge is 2.33. The predicted octanol–water partition coefficient (Wildman–Crippen LogP) is 19.9. The van der Waals surface area contributed by atoms with Gasteiger partial charge in [0.15, 0.2) is 11.6 Å². The standard InChI is InChI=1S/C87H66BN7/c1-53-43-55(3)83(56(4)44-53)88(84-57(5)45-54(2)46-58(84)6)85-59(7)47-66(48-60(85)8)93-75-36-19-17-33-70(75)72-50-65(41-42-79(72)93)92(63-28-13-10-14-29-63)64-30-23-27-62(49-64)67-35-24-40-80-82(67)71-34-18-22-39-78(71)95(80)87-74(52-90)81(61-25-11-9-12-26-61)73(51-89)86(91-87)94-76-37-20-15-31-68(76)69-32-16-21-38-77(69)94/h9-50H,1-8H3. The van der Waals surface area contributed by atoms with E-state index in [9.17, 15) is 10.5 Å². The quantitative estimate of drug-likeness (QED) is 0.121. The third kappa shape index (κ3) is 9.35. The zero-order valence-corrected chi connectivity index (χ0v) is 54.5. The van der Waals surface area contributed by atoms with E-state index in [-0.39, 0.29) is 6.71 Å². The van der Waals surface area contributed by atoms with Crippen molar-refractivity contribution in [3.63, 3.8) is 0 Å². The van der Waals surface area contributed by atoms with Gasteiger partial charge in [-0.1, -0.05) is 231 Å². The number of aromatic nitrogens is 4. The fourth-order valence-corrected chi connectivity index (χ4v) is 16.1. The lowest BCUT2D eigenvalue weighted by molar-refractivity contribution is 1.00. The summed E-state index contributed by atoms with van der Waals surface area (Å²) in [7, 11) is 0. The molecule has 0 bridgehead atoms. The second-order valence-corrected chi connectivity index (χ2v) is 25.7. The summed E-state index contributed by atoms with van der Waals surface area (Å²) in [5.41, 5.74) is 28.6. The van der Waals surface area contributed by atoms with Crippen molar-refractivity contribution >= 4 is 106 Å². The van der Waals surface area contributed by atoms with E-state index in [0.29, 0.717) is 28.3 Å². The molecule has 7 nitrogen and oxygen atoms in total. The summed E-state index contributed by atoms with van der Waals surface area (Å²) in [5.74, 6) is 0.890. The normalized spacial score (nSPS) is 11.6. The fourth-order valence-electron chi connectivity index (χ4n) is 16.1. The smallest absolute Gasteiger partial charge is 0.243 e. The predicted molar refractivity (Wildman–Crippen MR) is 398 cm³/mol. The summed E-state index contributed by atoms with van der Waals surface area (Å²) >= 11 is 0. The maximum absolute atomic E-state index is 11.6. The van der Waals surface area contributed by atoms with Crippen LogP contribution in [0.3, 0.4) is 0 Å². The number of fused-ring (bicyclic) bond motifs is 9. The Hall–Kier alpha value is -12.0. The molecular formula is C87H66BN7. The molecule has 452 valence electrons. The summed E-state index contributed by atoms with van der Waals surface area (Å²) < 4.78 is 6.69. The number of aryl methyl sites for hydroxylation is 8. The van der Waals surface area contributed by atoms with Gasteiger partial charge in [-0.15, -0.1) is 0 Å². The van der Waals surface area contributed by atoms with E-state index in [1.165, 1.54) is 66.3 Å². The van der Waals surface area contributed by atoms with Crippen LogP contribution in [0.5, 0.6) is 0 Å². The fraction of sp³-hybridized carbons (Fsp3) is 0.0920. The van der Waals surface area contributed by atoms with E-state index < -0.39 is 0 Å². The van der Waals surface area contributed by atoms with Crippen LogP contribution in [0.15, 0.2) is 255 Å². The summed E-state index contributed by atoms with van der Waals surface area (Å²) in [6.45, 7) is 18.3. The summed E-state index contributed by atoms with van der Waals surface area (Å²) in [6, 6.07) is 95.9. The van der Waals surface area contributed by atoms with E-state index in [4.69, 9.17) is 4.98 Å². The number of benzene rings is 12. The zero-order valence-electron chi connectivity index (χ0n) is 54.5. The van der Waals surface area contributed by atoms with Crippen molar-refractivity contribution in [1.29, 1.82) is 10.5 Å². The van der Waals surface area contributed by atoms with Crippen molar-refractivity contribution in [3.05, 3.63) is 310 Å². The van der Waals surface area contributed by atoms with Gasteiger partial charge in [0, 0.05) is 60.6 Å². The summed E-state index contributed by atoms with van der Waals surface area (Å²) in [5, 5.41) is 29.4. The molecule has 0 aliphatic rings. The van der Waals surface area contributed by atoms with Crippen LogP contribution in [0, 0.1) is 78.1 Å². The van der Waals surface area contributed by atoms with Gasteiger partial charge in [-0.05, 0) is 157 Å². The molecule has 0 aliphatic heterocycles. The highest BCUT2D eigenvalue weighted by Crippen LogP contribution is 2.46. The van der Waals surface area contributed by atoms with Gasteiger partial charge in [0.1, 0.15) is 23.3 Å². The van der Waals surface area contributed by atoms with Gasteiger partial charge in [-0.25, -0.2) is 4.98 Å². The molecule has 4 heterocycles. The average molecular weight is 1220 g/mol.